The van der Waals surface area contributed by atoms with Gasteiger partial charge in [-0.3, -0.25) is 4.79 Å². The van der Waals surface area contributed by atoms with Gasteiger partial charge in [0, 0.05) is 11.4 Å². The number of amides is 1. The number of carbonyl (C=O) groups is 1. The molecule has 0 bridgehead atoms. The van der Waals surface area contributed by atoms with Crippen molar-refractivity contribution in [3.63, 3.8) is 0 Å². The van der Waals surface area contributed by atoms with Gasteiger partial charge in [-0.1, -0.05) is 23.9 Å². The number of nitrogens with one attached hydrogen (secondary N) is 1. The first kappa shape index (κ1) is 23.3. The van der Waals surface area contributed by atoms with Gasteiger partial charge in [-0.05, 0) is 69.7 Å². The highest BCUT2D eigenvalue weighted by atomic mass is 32.2. The highest BCUT2D eigenvalue weighted by Gasteiger charge is 2.23. The van der Waals surface area contributed by atoms with E-state index >= 15 is 0 Å². The monoisotopic (exact) mass is 481 g/mol. The van der Waals surface area contributed by atoms with E-state index in [9.17, 15) is 10.1 Å². The van der Waals surface area contributed by atoms with Crippen LogP contribution >= 0.6 is 23.1 Å². The summed E-state index contributed by atoms with van der Waals surface area (Å²) < 4.78 is 8.04. The van der Waals surface area contributed by atoms with Gasteiger partial charge < -0.3 is 14.6 Å². The Kier molecular flexibility index (Phi) is 7.36. The predicted molar refractivity (Wildman–Crippen MR) is 131 cm³/mol. The highest BCUT2D eigenvalue weighted by Crippen LogP contribution is 2.37. The Balaban J connectivity index is 1.41. The van der Waals surface area contributed by atoms with Crippen molar-refractivity contribution < 1.29 is 9.53 Å². The molecule has 1 amide bonds. The van der Waals surface area contributed by atoms with E-state index in [2.05, 4.69) is 21.6 Å². The first-order valence-electron chi connectivity index (χ1n) is 11.1. The lowest BCUT2D eigenvalue weighted by Gasteiger charge is -2.16. The van der Waals surface area contributed by atoms with Crippen LogP contribution in [0.15, 0.2) is 29.4 Å². The Hall–Kier alpha value is -2.83. The van der Waals surface area contributed by atoms with Gasteiger partial charge in [0.2, 0.25) is 5.91 Å². The van der Waals surface area contributed by atoms with Crippen LogP contribution in [0.4, 0.5) is 5.00 Å². The Morgan fingerprint density at radius 2 is 2.18 bits per heavy atom. The van der Waals surface area contributed by atoms with Gasteiger partial charge in [0.1, 0.15) is 16.8 Å². The van der Waals surface area contributed by atoms with Gasteiger partial charge in [0.15, 0.2) is 17.1 Å². The molecule has 7 nitrogen and oxygen atoms in total. The van der Waals surface area contributed by atoms with Crippen molar-refractivity contribution in [1.29, 1.82) is 5.26 Å². The maximum atomic E-state index is 12.7. The van der Waals surface area contributed by atoms with Crippen LogP contribution in [0.5, 0.6) is 5.75 Å². The molecule has 0 radical (unpaired) electrons. The summed E-state index contributed by atoms with van der Waals surface area (Å²) in [6.45, 7) is 6.66. The van der Waals surface area contributed by atoms with Crippen LogP contribution in [0.3, 0.4) is 0 Å². The summed E-state index contributed by atoms with van der Waals surface area (Å²) in [6, 6.07) is 10.2. The van der Waals surface area contributed by atoms with Crippen LogP contribution < -0.4 is 10.1 Å². The quantitative estimate of drug-likeness (QED) is 0.440. The van der Waals surface area contributed by atoms with E-state index in [1.807, 2.05) is 49.6 Å². The van der Waals surface area contributed by atoms with Crippen molar-refractivity contribution in [3.05, 3.63) is 51.7 Å². The topological polar surface area (TPSA) is 92.8 Å². The van der Waals surface area contributed by atoms with Crippen LogP contribution in [0.1, 0.15) is 60.2 Å². The minimum Gasteiger partial charge on any atom is -0.483 e. The van der Waals surface area contributed by atoms with E-state index in [4.69, 9.17) is 4.74 Å². The van der Waals surface area contributed by atoms with E-state index in [0.29, 0.717) is 22.3 Å². The molecule has 0 saturated heterocycles. The molecule has 1 atom stereocenters. The number of hydrogen-bond donors (Lipinski definition) is 1. The largest absolute Gasteiger partial charge is 0.483 e. The maximum absolute atomic E-state index is 12.7. The first-order chi connectivity index (χ1) is 16.0. The summed E-state index contributed by atoms with van der Waals surface area (Å²) in [5, 5.41) is 22.5. The number of aromatic nitrogens is 3. The fourth-order valence-corrected chi connectivity index (χ4v) is 6.08. The number of thioether (sulfide) groups is 1. The third-order valence-corrected chi connectivity index (χ3v) is 7.77. The zero-order valence-electron chi connectivity index (χ0n) is 19.1. The fourth-order valence-electron chi connectivity index (χ4n) is 4.02. The minimum atomic E-state index is -0.280. The van der Waals surface area contributed by atoms with E-state index < -0.39 is 0 Å². The van der Waals surface area contributed by atoms with Crippen LogP contribution in [0, 0.1) is 18.3 Å². The molecule has 1 unspecified atom stereocenters. The molecular formula is C24H27N5O2S2. The standard InChI is InChI=1S/C24H27N5O2S2/c1-4-29-22(16(3)31-17-9-7-8-15(2)12-17)27-28-24(29)32-14-21(30)26-23-19(13-25)18-10-5-6-11-20(18)33-23/h7-9,12,16H,4-6,10-11,14H2,1-3H3,(H,26,30). The molecule has 33 heavy (non-hydrogen) atoms. The Morgan fingerprint density at radius 1 is 1.36 bits per heavy atom. The van der Waals surface area contributed by atoms with Gasteiger partial charge in [-0.2, -0.15) is 5.26 Å². The highest BCUT2D eigenvalue weighted by molar-refractivity contribution is 7.99. The molecule has 0 aliphatic heterocycles. The van der Waals surface area contributed by atoms with Crippen molar-refractivity contribution in [2.75, 3.05) is 11.1 Å². The molecule has 0 saturated carbocycles. The molecule has 0 fully saturated rings. The lowest BCUT2D eigenvalue weighted by Crippen LogP contribution is -2.15. The number of carbonyl (C=O) groups excluding carboxylic acids is 1. The Labute approximate surface area is 202 Å². The number of benzene rings is 1. The van der Waals surface area contributed by atoms with E-state index in [-0.39, 0.29) is 17.8 Å². The molecule has 1 aliphatic rings. The minimum absolute atomic E-state index is 0.147. The van der Waals surface area contributed by atoms with Gasteiger partial charge in [-0.25, -0.2) is 0 Å². The summed E-state index contributed by atoms with van der Waals surface area (Å²) in [4.78, 5) is 13.9. The number of rotatable bonds is 8. The van der Waals surface area contributed by atoms with Crippen molar-refractivity contribution in [2.45, 2.75) is 64.3 Å². The summed E-state index contributed by atoms with van der Waals surface area (Å²) >= 11 is 2.88. The molecular weight excluding hydrogens is 454 g/mol. The first-order valence-corrected chi connectivity index (χ1v) is 12.9. The van der Waals surface area contributed by atoms with E-state index in [0.717, 1.165) is 48.4 Å². The second kappa shape index (κ2) is 10.4. The fraction of sp³-hybridized carbons (Fsp3) is 0.417. The summed E-state index contributed by atoms with van der Waals surface area (Å²) in [7, 11) is 0. The van der Waals surface area contributed by atoms with Crippen LogP contribution in [0.25, 0.3) is 0 Å². The van der Waals surface area contributed by atoms with E-state index in [1.54, 1.807) is 11.3 Å². The number of fused-ring (bicyclic) bond motifs is 1. The van der Waals surface area contributed by atoms with Gasteiger partial charge in [0.25, 0.3) is 0 Å². The summed E-state index contributed by atoms with van der Waals surface area (Å²) in [6.07, 6.45) is 3.87. The molecule has 0 spiro atoms. The molecule has 1 aliphatic carbocycles. The van der Waals surface area contributed by atoms with Crippen LogP contribution in [-0.2, 0) is 24.2 Å². The number of hydrogen-bond acceptors (Lipinski definition) is 7. The molecule has 4 rings (SSSR count). The molecule has 3 aromatic rings. The zero-order chi connectivity index (χ0) is 23.4. The average Bonchev–Trinajstić information content (AvgIpc) is 3.37. The third kappa shape index (κ3) is 5.23. The van der Waals surface area contributed by atoms with Gasteiger partial charge >= 0.3 is 0 Å². The molecule has 9 heteroatoms. The zero-order valence-corrected chi connectivity index (χ0v) is 20.7. The number of aryl methyl sites for hydroxylation is 2. The lowest BCUT2D eigenvalue weighted by molar-refractivity contribution is -0.113. The number of nitriles is 1. The van der Waals surface area contributed by atoms with E-state index in [1.165, 1.54) is 16.6 Å². The van der Waals surface area contributed by atoms with Gasteiger partial charge in [0.05, 0.1) is 11.3 Å². The second-order valence-corrected chi connectivity index (χ2v) is 10.1. The normalized spacial score (nSPS) is 13.8. The maximum Gasteiger partial charge on any atom is 0.235 e. The summed E-state index contributed by atoms with van der Waals surface area (Å²) in [5.41, 5.74) is 2.88. The van der Waals surface area contributed by atoms with Crippen molar-refractivity contribution >= 4 is 34.0 Å². The molecule has 1 N–H and O–H groups in total. The average molecular weight is 482 g/mol. The number of anilines is 1. The van der Waals surface area contributed by atoms with Gasteiger partial charge in [-0.15, -0.1) is 21.5 Å². The predicted octanol–water partition coefficient (Wildman–Crippen LogP) is 5.29. The Bertz CT molecular complexity index is 1190. The number of ether oxygens (including phenoxy) is 1. The number of thiophene rings is 1. The number of nitrogens with zero attached hydrogens (tertiary/aromatic N) is 4. The second-order valence-electron chi connectivity index (χ2n) is 8.03. The molecule has 2 aromatic heterocycles. The SMILES string of the molecule is CCn1c(SCC(=O)Nc2sc3c(c2C#N)CCCC3)nnc1C(C)Oc1cccc(C)c1. The van der Waals surface area contributed by atoms with Crippen LogP contribution in [0.2, 0.25) is 0 Å². The summed E-state index contributed by atoms with van der Waals surface area (Å²) in [5.74, 6) is 1.55. The molecule has 172 valence electrons. The third-order valence-electron chi connectivity index (χ3n) is 5.60. The smallest absolute Gasteiger partial charge is 0.235 e. The van der Waals surface area contributed by atoms with Crippen molar-refractivity contribution in [3.8, 4) is 11.8 Å². The molecule has 1 aromatic carbocycles. The Morgan fingerprint density at radius 3 is 2.94 bits per heavy atom. The molecule has 2 heterocycles. The van der Waals surface area contributed by atoms with Crippen LogP contribution in [-0.4, -0.2) is 26.4 Å². The van der Waals surface area contributed by atoms with Crippen molar-refractivity contribution in [1.82, 2.24) is 14.8 Å². The van der Waals surface area contributed by atoms with Crippen molar-refractivity contribution in [2.24, 2.45) is 0 Å². The lowest BCUT2D eigenvalue weighted by atomic mass is 9.96.